The maximum absolute atomic E-state index is 13.9. The Hall–Kier alpha value is -1.60. The van der Waals surface area contributed by atoms with Crippen molar-refractivity contribution in [3.8, 4) is 0 Å². The molecule has 1 aromatic heterocycles. The highest BCUT2D eigenvalue weighted by Crippen LogP contribution is 2.27. The molecule has 0 aliphatic heterocycles. The van der Waals surface area contributed by atoms with Crippen LogP contribution >= 0.6 is 11.6 Å². The maximum Gasteiger partial charge on any atom is 0.268 e. The Morgan fingerprint density at radius 1 is 1.35 bits per heavy atom. The molecular formula is C12H13ClFN3O2S. The first-order chi connectivity index (χ1) is 9.24. The number of aryl methyl sites for hydroxylation is 2. The molecule has 0 fully saturated rings. The topological polar surface area (TPSA) is 64.0 Å². The Kier molecular flexibility index (Phi) is 3.75. The number of hydrogen-bond donors (Lipinski definition) is 1. The average molecular weight is 318 g/mol. The second-order valence-electron chi connectivity index (χ2n) is 4.35. The van der Waals surface area contributed by atoms with Crippen LogP contribution in [-0.2, 0) is 17.1 Å². The number of nitrogens with one attached hydrogen (secondary N) is 1. The second-order valence-corrected chi connectivity index (χ2v) is 6.37. The van der Waals surface area contributed by atoms with Crippen LogP contribution in [-0.4, -0.2) is 18.2 Å². The van der Waals surface area contributed by atoms with Crippen molar-refractivity contribution >= 4 is 27.3 Å². The maximum atomic E-state index is 13.9. The van der Waals surface area contributed by atoms with E-state index in [1.165, 1.54) is 14.0 Å². The molecule has 0 bridgehead atoms. The van der Waals surface area contributed by atoms with E-state index in [4.69, 9.17) is 11.6 Å². The zero-order valence-electron chi connectivity index (χ0n) is 11.1. The molecule has 2 rings (SSSR count). The van der Waals surface area contributed by atoms with Gasteiger partial charge in [-0.25, -0.2) is 13.1 Å². The molecule has 1 N–H and O–H groups in total. The van der Waals surface area contributed by atoms with Crippen LogP contribution in [0.5, 0.6) is 0 Å². The van der Waals surface area contributed by atoms with E-state index < -0.39 is 20.9 Å². The van der Waals surface area contributed by atoms with Gasteiger partial charge >= 0.3 is 0 Å². The molecule has 8 heteroatoms. The van der Waals surface area contributed by atoms with Gasteiger partial charge < -0.3 is 0 Å². The molecule has 0 unspecified atom stereocenters. The van der Waals surface area contributed by atoms with Gasteiger partial charge in [-0.1, -0.05) is 17.7 Å². The minimum atomic E-state index is -4.06. The van der Waals surface area contributed by atoms with Gasteiger partial charge in [0.2, 0.25) is 5.95 Å². The van der Waals surface area contributed by atoms with Crippen molar-refractivity contribution in [1.29, 1.82) is 0 Å². The molecule has 5 nitrogen and oxygen atoms in total. The summed E-state index contributed by atoms with van der Waals surface area (Å²) in [5, 5.41) is 4.18. The third-order valence-corrected chi connectivity index (χ3v) is 4.78. The Bertz CT molecular complexity index is 771. The Morgan fingerprint density at radius 2 is 2.00 bits per heavy atom. The van der Waals surface area contributed by atoms with E-state index in [9.17, 15) is 12.8 Å². The van der Waals surface area contributed by atoms with Gasteiger partial charge in [-0.3, -0.25) is 4.72 Å². The third kappa shape index (κ3) is 2.51. The lowest BCUT2D eigenvalue weighted by molar-refractivity contribution is 0.483. The average Bonchev–Trinajstić information content (AvgIpc) is 2.59. The molecule has 0 aliphatic rings. The minimum absolute atomic E-state index is 0.0946. The first-order valence-electron chi connectivity index (χ1n) is 5.71. The van der Waals surface area contributed by atoms with E-state index in [0.29, 0.717) is 16.3 Å². The predicted molar refractivity (Wildman–Crippen MR) is 74.9 cm³/mol. The molecule has 0 saturated heterocycles. The molecule has 0 radical (unpaired) electrons. The van der Waals surface area contributed by atoms with Gasteiger partial charge in [0, 0.05) is 12.1 Å². The van der Waals surface area contributed by atoms with Crippen LogP contribution in [0.1, 0.15) is 11.3 Å². The number of benzene rings is 1. The Balaban J connectivity index is 2.49. The van der Waals surface area contributed by atoms with Gasteiger partial charge in [0.15, 0.2) is 4.90 Å². The van der Waals surface area contributed by atoms with Gasteiger partial charge in [0.25, 0.3) is 10.0 Å². The van der Waals surface area contributed by atoms with Crippen LogP contribution in [0.3, 0.4) is 0 Å². The van der Waals surface area contributed by atoms with E-state index in [0.717, 1.165) is 4.68 Å². The highest BCUT2D eigenvalue weighted by atomic mass is 35.5. The highest BCUT2D eigenvalue weighted by Gasteiger charge is 2.27. The van der Waals surface area contributed by atoms with Crippen molar-refractivity contribution in [2.75, 3.05) is 4.72 Å². The summed E-state index contributed by atoms with van der Waals surface area (Å²) in [6.45, 7) is 3.11. The second kappa shape index (κ2) is 5.06. The normalized spacial score (nSPS) is 11.7. The molecule has 0 atom stereocenters. The number of hydrogen-bond acceptors (Lipinski definition) is 3. The van der Waals surface area contributed by atoms with Crippen LogP contribution in [0.15, 0.2) is 23.1 Å². The van der Waals surface area contributed by atoms with E-state index in [2.05, 4.69) is 9.82 Å². The molecule has 20 heavy (non-hydrogen) atoms. The van der Waals surface area contributed by atoms with Crippen molar-refractivity contribution in [1.82, 2.24) is 9.78 Å². The van der Waals surface area contributed by atoms with Crippen molar-refractivity contribution < 1.29 is 12.8 Å². The molecule has 108 valence electrons. The van der Waals surface area contributed by atoms with Crippen LogP contribution in [0.4, 0.5) is 10.1 Å². The summed E-state index contributed by atoms with van der Waals surface area (Å²) in [4.78, 5) is -0.459. The fourth-order valence-corrected chi connectivity index (χ4v) is 3.40. The van der Waals surface area contributed by atoms with Crippen LogP contribution in [0, 0.1) is 19.8 Å². The highest BCUT2D eigenvalue weighted by molar-refractivity contribution is 7.92. The number of halogens is 2. The number of anilines is 1. The summed E-state index contributed by atoms with van der Waals surface area (Å²) in [7, 11) is -2.72. The lowest BCUT2D eigenvalue weighted by Crippen LogP contribution is -2.16. The molecule has 1 heterocycles. The Labute approximate surface area is 121 Å². The van der Waals surface area contributed by atoms with Crippen LogP contribution in [0.25, 0.3) is 0 Å². The smallest absolute Gasteiger partial charge is 0.268 e. The minimum Gasteiger partial charge on any atom is -0.279 e. The largest absolute Gasteiger partial charge is 0.279 e. The molecule has 0 saturated carbocycles. The first-order valence-corrected chi connectivity index (χ1v) is 7.57. The SMILES string of the molecule is Cc1nn(C)c(F)c1S(=O)(=O)Nc1cccc(Cl)c1C. The third-order valence-electron chi connectivity index (χ3n) is 2.88. The van der Waals surface area contributed by atoms with Crippen molar-refractivity contribution in [2.45, 2.75) is 18.7 Å². The molecule has 2 aromatic rings. The van der Waals surface area contributed by atoms with Gasteiger partial charge in [0.1, 0.15) is 0 Å². The number of sulfonamides is 1. The van der Waals surface area contributed by atoms with Gasteiger partial charge in [0.05, 0.1) is 11.4 Å². The fraction of sp³-hybridized carbons (Fsp3) is 0.250. The van der Waals surface area contributed by atoms with Crippen molar-refractivity contribution in [3.63, 3.8) is 0 Å². The molecule has 0 aliphatic carbocycles. The van der Waals surface area contributed by atoms with E-state index in [1.54, 1.807) is 25.1 Å². The first kappa shape index (κ1) is 14.8. The van der Waals surface area contributed by atoms with Crippen molar-refractivity contribution in [2.24, 2.45) is 7.05 Å². The standard InChI is InChI=1S/C12H13ClFN3O2S/c1-7-9(13)5-4-6-10(7)16-20(18,19)11-8(2)15-17(3)12(11)14/h4-6,16H,1-3H3. The Morgan fingerprint density at radius 3 is 2.55 bits per heavy atom. The summed E-state index contributed by atoms with van der Waals surface area (Å²) >= 11 is 5.93. The lowest BCUT2D eigenvalue weighted by Gasteiger charge is -2.10. The van der Waals surface area contributed by atoms with E-state index in [-0.39, 0.29) is 5.69 Å². The monoisotopic (exact) mass is 317 g/mol. The molecule has 0 spiro atoms. The molecular weight excluding hydrogens is 305 g/mol. The van der Waals surface area contributed by atoms with Gasteiger partial charge in [-0.15, -0.1) is 0 Å². The quantitative estimate of drug-likeness (QED) is 0.946. The summed E-state index contributed by atoms with van der Waals surface area (Å²) in [6.07, 6.45) is 0. The predicted octanol–water partition coefficient (Wildman–Crippen LogP) is 2.63. The summed E-state index contributed by atoms with van der Waals surface area (Å²) in [5.74, 6) is -0.908. The number of rotatable bonds is 3. The number of nitrogens with zero attached hydrogens (tertiary/aromatic N) is 2. The molecule has 1 aromatic carbocycles. The zero-order chi connectivity index (χ0) is 15.1. The summed E-state index contributed by atoms with van der Waals surface area (Å²) in [5.41, 5.74) is 0.969. The summed E-state index contributed by atoms with van der Waals surface area (Å²) < 4.78 is 41.6. The van der Waals surface area contributed by atoms with Crippen LogP contribution in [0.2, 0.25) is 5.02 Å². The van der Waals surface area contributed by atoms with Gasteiger partial charge in [-0.05, 0) is 31.5 Å². The van der Waals surface area contributed by atoms with Crippen molar-refractivity contribution in [3.05, 3.63) is 40.4 Å². The fourth-order valence-electron chi connectivity index (χ4n) is 1.83. The molecule has 0 amide bonds. The van der Waals surface area contributed by atoms with E-state index >= 15 is 0 Å². The number of aromatic nitrogens is 2. The summed E-state index contributed by atoms with van der Waals surface area (Å²) in [6, 6.07) is 4.81. The van der Waals surface area contributed by atoms with Crippen LogP contribution < -0.4 is 4.72 Å². The van der Waals surface area contributed by atoms with E-state index in [1.807, 2.05) is 0 Å². The zero-order valence-corrected chi connectivity index (χ0v) is 12.7. The van der Waals surface area contributed by atoms with Gasteiger partial charge in [-0.2, -0.15) is 9.49 Å². The lowest BCUT2D eigenvalue weighted by atomic mass is 10.2.